The SMILES string of the molecule is COc1cc(S(C)(=O)=O)ccc1-c1cn2nc(OC(C)C3CCN(c4nc(C(C)C)no4)CC3)sc2n1. The van der Waals surface area contributed by atoms with Crippen LogP contribution in [0.15, 0.2) is 33.8 Å². The van der Waals surface area contributed by atoms with Crippen LogP contribution in [0.2, 0.25) is 0 Å². The summed E-state index contributed by atoms with van der Waals surface area (Å²) >= 11 is 1.37. The van der Waals surface area contributed by atoms with Gasteiger partial charge in [0.15, 0.2) is 15.7 Å². The van der Waals surface area contributed by atoms with Crippen LogP contribution in [0, 0.1) is 5.92 Å². The minimum absolute atomic E-state index is 0.00461. The Hall–Kier alpha value is -3.19. The predicted octanol–water partition coefficient (Wildman–Crippen LogP) is 4.06. The molecule has 0 spiro atoms. The lowest BCUT2D eigenvalue weighted by Gasteiger charge is -2.33. The van der Waals surface area contributed by atoms with E-state index in [0.717, 1.165) is 31.8 Å². The molecule has 1 atom stereocenters. The largest absolute Gasteiger partial charge is 0.496 e. The van der Waals surface area contributed by atoms with Gasteiger partial charge >= 0.3 is 6.01 Å². The number of ether oxygens (including phenoxy) is 2. The van der Waals surface area contributed by atoms with E-state index >= 15 is 0 Å². The Bertz CT molecular complexity index is 1470. The van der Waals surface area contributed by atoms with Crippen LogP contribution in [0.1, 0.15) is 45.4 Å². The van der Waals surface area contributed by atoms with E-state index < -0.39 is 9.84 Å². The second-order valence-electron chi connectivity index (χ2n) is 9.59. The monoisotopic (exact) mass is 546 g/mol. The highest BCUT2D eigenvalue weighted by Crippen LogP contribution is 2.34. The Balaban J connectivity index is 1.23. The molecule has 1 aromatic carbocycles. The molecule has 1 unspecified atom stereocenters. The molecule has 0 aliphatic carbocycles. The number of fused-ring (bicyclic) bond motifs is 1. The van der Waals surface area contributed by atoms with Gasteiger partial charge < -0.3 is 18.9 Å². The van der Waals surface area contributed by atoms with Crippen LogP contribution in [0.25, 0.3) is 16.2 Å². The zero-order valence-corrected chi connectivity index (χ0v) is 23.0. The van der Waals surface area contributed by atoms with Crippen LogP contribution in [0.5, 0.6) is 10.9 Å². The summed E-state index contributed by atoms with van der Waals surface area (Å²) in [7, 11) is -1.84. The van der Waals surface area contributed by atoms with E-state index in [-0.39, 0.29) is 16.9 Å². The second kappa shape index (κ2) is 9.93. The zero-order valence-electron chi connectivity index (χ0n) is 21.4. The van der Waals surface area contributed by atoms with Crippen molar-refractivity contribution >= 4 is 32.1 Å². The number of anilines is 1. The van der Waals surface area contributed by atoms with E-state index in [1.54, 1.807) is 22.8 Å². The van der Waals surface area contributed by atoms with Crippen molar-refractivity contribution in [2.45, 2.75) is 50.5 Å². The molecule has 4 heterocycles. The number of imidazole rings is 1. The highest BCUT2D eigenvalue weighted by atomic mass is 32.2. The summed E-state index contributed by atoms with van der Waals surface area (Å²) in [5, 5.41) is 9.18. The van der Waals surface area contributed by atoms with Gasteiger partial charge in [-0.15, -0.1) is 5.10 Å². The number of piperidine rings is 1. The summed E-state index contributed by atoms with van der Waals surface area (Å²) in [6.45, 7) is 7.84. The van der Waals surface area contributed by atoms with E-state index in [2.05, 4.69) is 32.0 Å². The van der Waals surface area contributed by atoms with Gasteiger partial charge in [-0.3, -0.25) is 0 Å². The highest BCUT2D eigenvalue weighted by Gasteiger charge is 2.28. The third-order valence-electron chi connectivity index (χ3n) is 6.61. The first-order chi connectivity index (χ1) is 17.6. The standard InChI is InChI=1S/C24H30N6O5S2/c1-14(2)21-26-22(35-28-21)29-10-8-16(9-11-29)15(3)34-24-27-30-13-19(25-23(30)36-24)18-7-6-17(37(5,31)32)12-20(18)33-4/h6-7,12-16H,8-11H2,1-5H3. The van der Waals surface area contributed by atoms with E-state index in [1.165, 1.54) is 30.8 Å². The minimum Gasteiger partial charge on any atom is -0.496 e. The van der Waals surface area contributed by atoms with Crippen LogP contribution in [0.3, 0.4) is 0 Å². The third kappa shape index (κ3) is 5.28. The maximum Gasteiger partial charge on any atom is 0.324 e. The molecule has 198 valence electrons. The lowest BCUT2D eigenvalue weighted by Crippen LogP contribution is -2.38. The number of rotatable bonds is 8. The summed E-state index contributed by atoms with van der Waals surface area (Å²) in [5.74, 6) is 1.79. The van der Waals surface area contributed by atoms with E-state index in [0.29, 0.717) is 39.1 Å². The molecule has 4 aromatic rings. The van der Waals surface area contributed by atoms with Crippen molar-refractivity contribution in [1.29, 1.82) is 0 Å². The topological polar surface area (TPSA) is 125 Å². The van der Waals surface area contributed by atoms with Gasteiger partial charge in [0.25, 0.3) is 5.19 Å². The molecule has 1 aliphatic rings. The molecule has 11 nitrogen and oxygen atoms in total. The minimum atomic E-state index is -3.34. The summed E-state index contributed by atoms with van der Waals surface area (Å²) in [5.41, 5.74) is 1.33. The lowest BCUT2D eigenvalue weighted by atomic mass is 9.92. The highest BCUT2D eigenvalue weighted by molar-refractivity contribution is 7.90. The maximum absolute atomic E-state index is 11.9. The summed E-state index contributed by atoms with van der Waals surface area (Å²) in [6, 6.07) is 5.35. The Morgan fingerprint density at radius 2 is 1.92 bits per heavy atom. The first kappa shape index (κ1) is 25.5. The summed E-state index contributed by atoms with van der Waals surface area (Å²) in [4.78, 5) is 12.2. The fourth-order valence-electron chi connectivity index (χ4n) is 4.38. The number of aromatic nitrogens is 5. The zero-order chi connectivity index (χ0) is 26.3. The van der Waals surface area contributed by atoms with Gasteiger partial charge in [-0.05, 0) is 55.2 Å². The quantitative estimate of drug-likeness (QED) is 0.319. The smallest absolute Gasteiger partial charge is 0.324 e. The van der Waals surface area contributed by atoms with Crippen molar-refractivity contribution in [3.63, 3.8) is 0 Å². The number of methoxy groups -OCH3 is 1. The van der Waals surface area contributed by atoms with E-state index in [9.17, 15) is 8.42 Å². The van der Waals surface area contributed by atoms with Gasteiger partial charge in [-0.2, -0.15) is 4.98 Å². The van der Waals surface area contributed by atoms with Crippen molar-refractivity contribution in [3.8, 4) is 22.2 Å². The molecule has 0 N–H and O–H groups in total. The fourth-order valence-corrected chi connectivity index (χ4v) is 5.83. The summed E-state index contributed by atoms with van der Waals surface area (Å²) < 4.78 is 42.5. The number of sulfone groups is 1. The molecular formula is C24H30N6O5S2. The molecule has 1 saturated heterocycles. The van der Waals surface area contributed by atoms with Gasteiger partial charge in [-0.25, -0.2) is 17.9 Å². The van der Waals surface area contributed by atoms with Gasteiger partial charge in [0.1, 0.15) is 11.9 Å². The van der Waals surface area contributed by atoms with E-state index in [4.69, 9.17) is 14.0 Å². The molecule has 0 radical (unpaired) electrons. The van der Waals surface area contributed by atoms with Crippen molar-refractivity contribution in [3.05, 3.63) is 30.2 Å². The van der Waals surface area contributed by atoms with Crippen LogP contribution in [-0.2, 0) is 9.84 Å². The van der Waals surface area contributed by atoms with Gasteiger partial charge in [0, 0.05) is 30.8 Å². The molecule has 37 heavy (non-hydrogen) atoms. The van der Waals surface area contributed by atoms with Crippen molar-refractivity contribution in [2.24, 2.45) is 5.92 Å². The Morgan fingerprint density at radius 3 is 2.54 bits per heavy atom. The van der Waals surface area contributed by atoms with Crippen LogP contribution in [-0.4, -0.2) is 65.7 Å². The van der Waals surface area contributed by atoms with Crippen molar-refractivity contribution < 1.29 is 22.4 Å². The maximum atomic E-state index is 11.9. The molecule has 1 fully saturated rings. The summed E-state index contributed by atoms with van der Waals surface area (Å²) in [6.07, 6.45) is 4.86. The normalized spacial score (nSPS) is 16.0. The van der Waals surface area contributed by atoms with Crippen LogP contribution >= 0.6 is 11.3 Å². The number of nitrogens with zero attached hydrogens (tertiary/aromatic N) is 6. The molecule has 0 saturated carbocycles. The lowest BCUT2D eigenvalue weighted by molar-refractivity contribution is 0.130. The molecular weight excluding hydrogens is 516 g/mol. The van der Waals surface area contributed by atoms with Gasteiger partial charge in [-0.1, -0.05) is 19.0 Å². The third-order valence-corrected chi connectivity index (χ3v) is 8.53. The second-order valence-corrected chi connectivity index (χ2v) is 12.5. The number of hydrogen-bond donors (Lipinski definition) is 0. The predicted molar refractivity (Wildman–Crippen MR) is 139 cm³/mol. The van der Waals surface area contributed by atoms with Crippen molar-refractivity contribution in [1.82, 2.24) is 24.7 Å². The average Bonchev–Trinajstić information content (AvgIpc) is 3.58. The van der Waals surface area contributed by atoms with Gasteiger partial charge in [0.2, 0.25) is 4.96 Å². The van der Waals surface area contributed by atoms with Crippen molar-refractivity contribution in [2.75, 3.05) is 31.4 Å². The molecule has 13 heteroatoms. The fraction of sp³-hybridized carbons (Fsp3) is 0.500. The number of benzene rings is 1. The molecule has 0 bridgehead atoms. The first-order valence-electron chi connectivity index (χ1n) is 12.1. The molecule has 3 aromatic heterocycles. The first-order valence-corrected chi connectivity index (χ1v) is 14.8. The Kier molecular flexibility index (Phi) is 6.84. The Labute approximate surface area is 219 Å². The Morgan fingerprint density at radius 1 is 1.16 bits per heavy atom. The van der Waals surface area contributed by atoms with Gasteiger partial charge in [0.05, 0.1) is 23.9 Å². The number of hydrogen-bond acceptors (Lipinski definition) is 11. The average molecular weight is 547 g/mol. The molecule has 1 aliphatic heterocycles. The van der Waals surface area contributed by atoms with E-state index in [1.807, 2.05) is 13.8 Å². The van der Waals surface area contributed by atoms with Crippen LogP contribution in [0.4, 0.5) is 6.01 Å². The molecule has 5 rings (SSSR count). The van der Waals surface area contributed by atoms with Crippen LogP contribution < -0.4 is 14.4 Å². The molecule has 0 amide bonds.